The van der Waals surface area contributed by atoms with E-state index >= 15 is 0 Å². The van der Waals surface area contributed by atoms with Crippen molar-refractivity contribution >= 4 is 15.9 Å². The first-order valence-corrected chi connectivity index (χ1v) is 7.31. The molecule has 0 aliphatic carbocycles. The van der Waals surface area contributed by atoms with Crippen LogP contribution < -0.4 is 0 Å². The Kier molecular flexibility index (Phi) is 5.21. The summed E-state index contributed by atoms with van der Waals surface area (Å²) in [6.45, 7) is 10.1. The molecule has 0 aliphatic rings. The Morgan fingerprint density at radius 2 is 1.88 bits per heavy atom. The fraction of sp³-hybridized carbons (Fsp3) is 0.600. The highest BCUT2D eigenvalue weighted by Crippen LogP contribution is 2.24. The van der Waals surface area contributed by atoms with Gasteiger partial charge in [0.15, 0.2) is 0 Å². The zero-order valence-corrected chi connectivity index (χ0v) is 13.3. The van der Waals surface area contributed by atoms with Gasteiger partial charge in [-0.2, -0.15) is 0 Å². The maximum absolute atomic E-state index is 3.48. The molecule has 17 heavy (non-hydrogen) atoms. The molecule has 0 amide bonds. The molecule has 2 heteroatoms. The number of hydrogen-bond acceptors (Lipinski definition) is 1. The van der Waals surface area contributed by atoms with Gasteiger partial charge in [-0.15, -0.1) is 0 Å². The Bertz CT molecular complexity index is 366. The molecule has 0 saturated carbocycles. The van der Waals surface area contributed by atoms with E-state index in [-0.39, 0.29) is 5.41 Å². The summed E-state index contributed by atoms with van der Waals surface area (Å²) < 4.78 is 0. The summed E-state index contributed by atoms with van der Waals surface area (Å²) in [4.78, 5) is 2.28. The highest BCUT2D eigenvalue weighted by Gasteiger charge is 2.14. The Balaban J connectivity index is 2.84. The molecule has 1 nitrogen and oxygen atoms in total. The van der Waals surface area contributed by atoms with Gasteiger partial charge in [0, 0.05) is 6.54 Å². The molecule has 0 N–H and O–H groups in total. The highest BCUT2D eigenvalue weighted by molar-refractivity contribution is 9.09. The summed E-state index contributed by atoms with van der Waals surface area (Å²) in [6.07, 6.45) is 1.12. The smallest absolute Gasteiger partial charge is 0.0539 e. The number of aryl methyl sites for hydroxylation is 1. The molecule has 0 aliphatic heterocycles. The molecule has 0 spiro atoms. The van der Waals surface area contributed by atoms with Gasteiger partial charge in [-0.3, -0.25) is 4.90 Å². The summed E-state index contributed by atoms with van der Waals surface area (Å²) in [5, 5.41) is 0. The number of nitrogens with zero attached hydrogens (tertiary/aromatic N) is 1. The second-order valence-corrected chi connectivity index (χ2v) is 6.34. The number of benzene rings is 1. The molecule has 1 aromatic carbocycles. The van der Waals surface area contributed by atoms with Crippen molar-refractivity contribution in [2.75, 3.05) is 19.0 Å². The third-order valence-corrected chi connectivity index (χ3v) is 4.04. The lowest BCUT2D eigenvalue weighted by Crippen LogP contribution is -2.19. The third kappa shape index (κ3) is 4.44. The Morgan fingerprint density at radius 1 is 1.24 bits per heavy atom. The number of halogens is 1. The van der Waals surface area contributed by atoms with Gasteiger partial charge in [-0.25, -0.2) is 0 Å². The standard InChI is InChI=1S/C15H24BrN/c1-12-6-7-14(15(2,3)4)10-13(12)8-9-17(5)11-16/h6-7,10H,8-9,11H2,1-5H3. The van der Waals surface area contributed by atoms with Crippen molar-refractivity contribution in [3.05, 3.63) is 34.9 Å². The van der Waals surface area contributed by atoms with E-state index in [1.807, 2.05) is 0 Å². The lowest BCUT2D eigenvalue weighted by Gasteiger charge is -2.21. The first-order chi connectivity index (χ1) is 7.84. The molecule has 0 unspecified atom stereocenters. The van der Waals surface area contributed by atoms with Gasteiger partial charge in [0.25, 0.3) is 0 Å². The summed E-state index contributed by atoms with van der Waals surface area (Å²) >= 11 is 3.48. The monoisotopic (exact) mass is 297 g/mol. The average Bonchev–Trinajstić information content (AvgIpc) is 2.26. The van der Waals surface area contributed by atoms with E-state index in [4.69, 9.17) is 0 Å². The van der Waals surface area contributed by atoms with Crippen molar-refractivity contribution in [2.45, 2.75) is 39.5 Å². The molecule has 1 rings (SSSR count). The minimum Gasteiger partial charge on any atom is -0.296 e. The van der Waals surface area contributed by atoms with Crippen molar-refractivity contribution in [3.8, 4) is 0 Å². The van der Waals surface area contributed by atoms with Crippen LogP contribution in [0.25, 0.3) is 0 Å². The van der Waals surface area contributed by atoms with Crippen LogP contribution in [-0.4, -0.2) is 23.9 Å². The van der Waals surface area contributed by atoms with Crippen molar-refractivity contribution in [1.29, 1.82) is 0 Å². The fourth-order valence-corrected chi connectivity index (χ4v) is 2.03. The van der Waals surface area contributed by atoms with Crippen LogP contribution in [0.2, 0.25) is 0 Å². The van der Waals surface area contributed by atoms with E-state index in [1.54, 1.807) is 0 Å². The second-order valence-electron chi connectivity index (χ2n) is 5.84. The lowest BCUT2D eigenvalue weighted by atomic mass is 9.85. The number of likely N-dealkylation sites (N-methyl/N-ethyl adjacent to an activating group) is 1. The molecule has 0 aromatic heterocycles. The Morgan fingerprint density at radius 3 is 2.41 bits per heavy atom. The summed E-state index contributed by atoms with van der Waals surface area (Å²) in [5.74, 6) is 0. The zero-order valence-electron chi connectivity index (χ0n) is 11.7. The summed E-state index contributed by atoms with van der Waals surface area (Å²) in [5.41, 5.74) is 5.49. The van der Waals surface area contributed by atoms with E-state index in [1.165, 1.54) is 16.7 Å². The molecule has 0 radical (unpaired) electrons. The topological polar surface area (TPSA) is 3.24 Å². The van der Waals surface area contributed by atoms with E-state index in [2.05, 4.69) is 73.8 Å². The molecular weight excluding hydrogens is 274 g/mol. The predicted molar refractivity (Wildman–Crippen MR) is 80.0 cm³/mol. The largest absolute Gasteiger partial charge is 0.296 e. The van der Waals surface area contributed by atoms with Gasteiger partial charge >= 0.3 is 0 Å². The third-order valence-electron chi connectivity index (χ3n) is 3.18. The molecular formula is C15H24BrN. The van der Waals surface area contributed by atoms with Gasteiger partial charge in [0.1, 0.15) is 0 Å². The van der Waals surface area contributed by atoms with Gasteiger partial charge in [0.05, 0.1) is 5.45 Å². The SMILES string of the molecule is Cc1ccc(C(C)(C)C)cc1CCN(C)CBr. The Labute approximate surface area is 114 Å². The maximum Gasteiger partial charge on any atom is 0.0539 e. The predicted octanol–water partition coefficient (Wildman–Crippen LogP) is 4.12. The molecule has 96 valence electrons. The summed E-state index contributed by atoms with van der Waals surface area (Å²) in [7, 11) is 2.14. The minimum atomic E-state index is 0.240. The van der Waals surface area contributed by atoms with Crippen molar-refractivity contribution in [2.24, 2.45) is 0 Å². The van der Waals surface area contributed by atoms with Crippen LogP contribution in [0.3, 0.4) is 0 Å². The van der Waals surface area contributed by atoms with Crippen molar-refractivity contribution < 1.29 is 0 Å². The van der Waals surface area contributed by atoms with Crippen LogP contribution in [0.5, 0.6) is 0 Å². The van der Waals surface area contributed by atoms with Gasteiger partial charge in [0.2, 0.25) is 0 Å². The molecule has 0 bridgehead atoms. The molecule has 0 fully saturated rings. The zero-order chi connectivity index (χ0) is 13.1. The maximum atomic E-state index is 3.48. The first-order valence-electron chi connectivity index (χ1n) is 6.19. The minimum absolute atomic E-state index is 0.240. The number of alkyl halides is 1. The number of hydrogen-bond donors (Lipinski definition) is 0. The fourth-order valence-electron chi connectivity index (χ4n) is 1.78. The van der Waals surface area contributed by atoms with Crippen LogP contribution in [-0.2, 0) is 11.8 Å². The van der Waals surface area contributed by atoms with E-state index in [9.17, 15) is 0 Å². The van der Waals surface area contributed by atoms with Gasteiger partial charge in [-0.05, 0) is 42.5 Å². The van der Waals surface area contributed by atoms with Crippen LogP contribution >= 0.6 is 15.9 Å². The van der Waals surface area contributed by atoms with Crippen LogP contribution in [0, 0.1) is 6.92 Å². The average molecular weight is 298 g/mol. The molecule has 0 heterocycles. The lowest BCUT2D eigenvalue weighted by molar-refractivity contribution is 0.401. The van der Waals surface area contributed by atoms with E-state index in [0.717, 1.165) is 18.4 Å². The molecule has 0 saturated heterocycles. The van der Waals surface area contributed by atoms with Crippen molar-refractivity contribution in [1.82, 2.24) is 4.90 Å². The first kappa shape index (κ1) is 14.7. The quantitative estimate of drug-likeness (QED) is 0.597. The highest BCUT2D eigenvalue weighted by atomic mass is 79.9. The van der Waals surface area contributed by atoms with Crippen LogP contribution in [0.15, 0.2) is 18.2 Å². The van der Waals surface area contributed by atoms with Crippen LogP contribution in [0.1, 0.15) is 37.5 Å². The van der Waals surface area contributed by atoms with Crippen molar-refractivity contribution in [3.63, 3.8) is 0 Å². The van der Waals surface area contributed by atoms with Crippen LogP contribution in [0.4, 0.5) is 0 Å². The summed E-state index contributed by atoms with van der Waals surface area (Å²) in [6, 6.07) is 6.88. The second kappa shape index (κ2) is 6.01. The Hall–Kier alpha value is -0.340. The normalized spacial score (nSPS) is 12.2. The van der Waals surface area contributed by atoms with E-state index in [0.29, 0.717) is 0 Å². The molecule has 0 atom stereocenters. The number of rotatable bonds is 4. The van der Waals surface area contributed by atoms with E-state index < -0.39 is 0 Å². The van der Waals surface area contributed by atoms with Gasteiger partial charge in [-0.1, -0.05) is 54.9 Å². The van der Waals surface area contributed by atoms with Gasteiger partial charge < -0.3 is 0 Å². The molecule has 1 aromatic rings.